The molecule has 2 atom stereocenters. The molecule has 0 radical (unpaired) electrons. The molecule has 2 aromatic carbocycles. The number of carbonyl (C=O) groups is 1. The second-order valence-electron chi connectivity index (χ2n) is 9.69. The zero-order valence-electron chi connectivity index (χ0n) is 18.4. The molecule has 164 valence electrons. The number of nitrogens with zero attached hydrogens (tertiary/aromatic N) is 1. The summed E-state index contributed by atoms with van der Waals surface area (Å²) in [6.45, 7) is 2.53. The Hall–Kier alpha value is -2.33. The van der Waals surface area contributed by atoms with Crippen LogP contribution in [-0.2, 0) is 4.74 Å². The van der Waals surface area contributed by atoms with E-state index in [-0.39, 0.29) is 24.1 Å². The van der Waals surface area contributed by atoms with Crippen molar-refractivity contribution in [2.45, 2.75) is 81.9 Å². The molecule has 1 amide bonds. The molecular weight excluding hydrogens is 386 g/mol. The van der Waals surface area contributed by atoms with Crippen LogP contribution < -0.4 is 0 Å². The number of benzene rings is 2. The molecule has 0 saturated carbocycles. The summed E-state index contributed by atoms with van der Waals surface area (Å²) in [6.07, 6.45) is 7.22. The summed E-state index contributed by atoms with van der Waals surface area (Å²) in [5, 5.41) is 11.1. The molecule has 2 unspecified atom stereocenters. The molecule has 5 rings (SSSR count). The van der Waals surface area contributed by atoms with E-state index in [4.69, 9.17) is 4.74 Å². The van der Waals surface area contributed by atoms with Gasteiger partial charge in [0.05, 0.1) is 5.60 Å². The number of hydrogen-bond donors (Lipinski definition) is 1. The summed E-state index contributed by atoms with van der Waals surface area (Å²) in [5.41, 5.74) is 4.35. The van der Waals surface area contributed by atoms with Crippen molar-refractivity contribution in [2.75, 3.05) is 6.61 Å². The average Bonchev–Trinajstić information content (AvgIpc) is 3.09. The first kappa shape index (κ1) is 20.6. The highest BCUT2D eigenvalue weighted by Crippen LogP contribution is 2.45. The zero-order chi connectivity index (χ0) is 21.4. The lowest BCUT2D eigenvalue weighted by atomic mass is 9.74. The number of piperidine rings is 2. The van der Waals surface area contributed by atoms with E-state index in [1.165, 1.54) is 22.3 Å². The summed E-state index contributed by atoms with van der Waals surface area (Å²) < 4.78 is 5.97. The number of rotatable bonds is 5. The third-order valence-corrected chi connectivity index (χ3v) is 7.64. The smallest absolute Gasteiger partial charge is 0.410 e. The van der Waals surface area contributed by atoms with Gasteiger partial charge in [0.1, 0.15) is 6.61 Å². The molecule has 2 heterocycles. The Kier molecular flexibility index (Phi) is 5.51. The fourth-order valence-electron chi connectivity index (χ4n) is 6.20. The minimum absolute atomic E-state index is 0.0856. The quantitative estimate of drug-likeness (QED) is 0.659. The molecule has 1 N–H and O–H groups in total. The molecule has 4 nitrogen and oxygen atoms in total. The minimum Gasteiger partial charge on any atom is -0.448 e. The molecule has 2 aliphatic heterocycles. The van der Waals surface area contributed by atoms with Crippen LogP contribution in [0.15, 0.2) is 48.5 Å². The second-order valence-corrected chi connectivity index (χ2v) is 9.69. The van der Waals surface area contributed by atoms with E-state index < -0.39 is 5.60 Å². The standard InChI is InChI=1S/C27H33NO3/c1-2-3-15-27(30)16-19-9-8-10-20(17-27)28(19)26(29)31-18-25-23-13-6-4-11-21(23)22-12-5-7-14-24(22)25/h4-7,11-14,19-20,25,30H,2-3,8-10,15-18H2,1H3. The van der Waals surface area contributed by atoms with Gasteiger partial charge in [0.15, 0.2) is 0 Å². The maximum atomic E-state index is 13.2. The van der Waals surface area contributed by atoms with Gasteiger partial charge in [-0.2, -0.15) is 0 Å². The largest absolute Gasteiger partial charge is 0.448 e. The fraction of sp³-hybridized carbons (Fsp3) is 0.519. The van der Waals surface area contributed by atoms with Gasteiger partial charge in [-0.05, 0) is 60.8 Å². The van der Waals surface area contributed by atoms with Gasteiger partial charge >= 0.3 is 6.09 Å². The molecule has 3 aliphatic rings. The maximum absolute atomic E-state index is 13.2. The summed E-state index contributed by atoms with van der Waals surface area (Å²) in [5.74, 6) is 0.0856. The van der Waals surface area contributed by atoms with E-state index in [9.17, 15) is 9.90 Å². The monoisotopic (exact) mass is 419 g/mol. The van der Waals surface area contributed by atoms with E-state index in [2.05, 4.69) is 55.5 Å². The average molecular weight is 420 g/mol. The molecule has 0 aromatic heterocycles. The molecular formula is C27H33NO3. The van der Waals surface area contributed by atoms with Gasteiger partial charge in [-0.15, -0.1) is 0 Å². The highest BCUT2D eigenvalue weighted by atomic mass is 16.6. The second kappa shape index (κ2) is 8.31. The molecule has 31 heavy (non-hydrogen) atoms. The van der Waals surface area contributed by atoms with E-state index in [1.54, 1.807) is 0 Å². The Morgan fingerprint density at radius 3 is 2.19 bits per heavy atom. The lowest BCUT2D eigenvalue weighted by Crippen LogP contribution is -2.60. The summed E-state index contributed by atoms with van der Waals surface area (Å²) in [7, 11) is 0. The first-order valence-corrected chi connectivity index (χ1v) is 12.0. The van der Waals surface area contributed by atoms with Gasteiger partial charge in [0.25, 0.3) is 0 Å². The van der Waals surface area contributed by atoms with Crippen molar-refractivity contribution in [2.24, 2.45) is 0 Å². The normalized spacial score (nSPS) is 27.0. The van der Waals surface area contributed by atoms with Gasteiger partial charge in [-0.25, -0.2) is 4.79 Å². The molecule has 1 aliphatic carbocycles. The summed E-state index contributed by atoms with van der Waals surface area (Å²) in [4.78, 5) is 15.2. The van der Waals surface area contributed by atoms with Crippen molar-refractivity contribution in [1.29, 1.82) is 0 Å². The van der Waals surface area contributed by atoms with Gasteiger partial charge in [-0.1, -0.05) is 68.3 Å². The van der Waals surface area contributed by atoms with Crippen LogP contribution in [0.2, 0.25) is 0 Å². The summed E-state index contributed by atoms with van der Waals surface area (Å²) in [6, 6.07) is 17.1. The van der Waals surface area contributed by atoms with E-state index in [0.717, 1.165) is 38.5 Å². The van der Waals surface area contributed by atoms with Gasteiger partial charge in [0, 0.05) is 18.0 Å². The van der Waals surface area contributed by atoms with E-state index in [1.807, 2.05) is 4.90 Å². The first-order chi connectivity index (χ1) is 15.1. The number of unbranched alkanes of at least 4 members (excludes halogenated alkanes) is 1. The molecule has 0 spiro atoms. The maximum Gasteiger partial charge on any atom is 0.410 e. The van der Waals surface area contributed by atoms with Crippen LogP contribution in [0.3, 0.4) is 0 Å². The van der Waals surface area contributed by atoms with Crippen LogP contribution in [0.5, 0.6) is 0 Å². The van der Waals surface area contributed by atoms with Crippen LogP contribution in [0.4, 0.5) is 4.79 Å². The van der Waals surface area contributed by atoms with Crippen LogP contribution in [0, 0.1) is 0 Å². The van der Waals surface area contributed by atoms with Crippen molar-refractivity contribution >= 4 is 6.09 Å². The lowest BCUT2D eigenvalue weighted by Gasteiger charge is -2.51. The third-order valence-electron chi connectivity index (χ3n) is 7.64. The van der Waals surface area contributed by atoms with Crippen molar-refractivity contribution in [1.82, 2.24) is 4.90 Å². The van der Waals surface area contributed by atoms with E-state index >= 15 is 0 Å². The predicted molar refractivity (Wildman–Crippen MR) is 122 cm³/mol. The zero-order valence-corrected chi connectivity index (χ0v) is 18.4. The number of fused-ring (bicyclic) bond motifs is 5. The molecule has 2 saturated heterocycles. The van der Waals surface area contributed by atoms with Gasteiger partial charge in [-0.3, -0.25) is 0 Å². The number of ether oxygens (including phenoxy) is 1. The van der Waals surface area contributed by atoms with Crippen LogP contribution in [-0.4, -0.2) is 40.4 Å². The number of amides is 1. The Balaban J connectivity index is 1.30. The highest BCUT2D eigenvalue weighted by Gasteiger charge is 2.47. The van der Waals surface area contributed by atoms with Gasteiger partial charge in [0.2, 0.25) is 0 Å². The predicted octanol–water partition coefficient (Wildman–Crippen LogP) is 5.87. The third kappa shape index (κ3) is 3.76. The Morgan fingerprint density at radius 2 is 1.61 bits per heavy atom. The fourth-order valence-corrected chi connectivity index (χ4v) is 6.20. The Morgan fingerprint density at radius 1 is 1.03 bits per heavy atom. The molecule has 2 bridgehead atoms. The minimum atomic E-state index is -0.619. The van der Waals surface area contributed by atoms with Gasteiger partial charge < -0.3 is 14.7 Å². The number of hydrogen-bond acceptors (Lipinski definition) is 3. The van der Waals surface area contributed by atoms with Crippen LogP contribution in [0.1, 0.15) is 75.3 Å². The van der Waals surface area contributed by atoms with Crippen molar-refractivity contribution in [3.8, 4) is 11.1 Å². The molecule has 2 aromatic rings. The van der Waals surface area contributed by atoms with Crippen molar-refractivity contribution in [3.05, 3.63) is 59.7 Å². The lowest BCUT2D eigenvalue weighted by molar-refractivity contribution is -0.0892. The molecule has 2 fully saturated rings. The SMILES string of the molecule is CCCCC1(O)CC2CCCC(C1)N2C(=O)OCC1c2ccccc2-c2ccccc21. The summed E-state index contributed by atoms with van der Waals surface area (Å²) >= 11 is 0. The van der Waals surface area contributed by atoms with Crippen LogP contribution >= 0.6 is 0 Å². The molecule has 4 heteroatoms. The van der Waals surface area contributed by atoms with Crippen molar-refractivity contribution < 1.29 is 14.6 Å². The topological polar surface area (TPSA) is 49.8 Å². The first-order valence-electron chi connectivity index (χ1n) is 12.0. The van der Waals surface area contributed by atoms with Crippen molar-refractivity contribution in [3.63, 3.8) is 0 Å². The van der Waals surface area contributed by atoms with E-state index in [0.29, 0.717) is 19.4 Å². The number of aliphatic hydroxyl groups is 1. The number of carbonyl (C=O) groups excluding carboxylic acids is 1. The Bertz CT molecular complexity index is 896. The highest BCUT2D eigenvalue weighted by molar-refractivity contribution is 5.79. The Labute approximate surface area is 185 Å². The van der Waals surface area contributed by atoms with Crippen LogP contribution in [0.25, 0.3) is 11.1 Å².